The zero-order valence-corrected chi connectivity index (χ0v) is 13.2. The van der Waals surface area contributed by atoms with Crippen LogP contribution >= 0.6 is 0 Å². The van der Waals surface area contributed by atoms with E-state index in [4.69, 9.17) is 4.74 Å². The van der Waals surface area contributed by atoms with Crippen LogP contribution in [0.2, 0.25) is 0 Å². The molecule has 114 valence electrons. The van der Waals surface area contributed by atoms with E-state index in [9.17, 15) is 13.2 Å². The SMILES string of the molecule is C=C=C(C(=O)OCC)C(C)NS(=O)(=O)c1ccc(C)cc1. The molecule has 0 bridgehead atoms. The van der Waals surface area contributed by atoms with Crippen molar-refractivity contribution in [1.29, 1.82) is 0 Å². The molecule has 1 unspecified atom stereocenters. The van der Waals surface area contributed by atoms with Gasteiger partial charge in [-0.2, -0.15) is 0 Å². The smallest absolute Gasteiger partial charge is 0.343 e. The molecule has 0 heterocycles. The third-order valence-corrected chi connectivity index (χ3v) is 4.34. The molecule has 1 aromatic rings. The molecular weight excluding hydrogens is 290 g/mol. The Bertz CT molecular complexity index is 655. The molecule has 0 aliphatic carbocycles. The monoisotopic (exact) mass is 309 g/mol. The molecule has 0 aromatic heterocycles. The highest BCUT2D eigenvalue weighted by molar-refractivity contribution is 7.89. The van der Waals surface area contributed by atoms with Gasteiger partial charge >= 0.3 is 5.97 Å². The number of hydrogen-bond donors (Lipinski definition) is 1. The average molecular weight is 309 g/mol. The topological polar surface area (TPSA) is 72.5 Å². The highest BCUT2D eigenvalue weighted by atomic mass is 32.2. The van der Waals surface area contributed by atoms with Gasteiger partial charge in [-0.3, -0.25) is 0 Å². The van der Waals surface area contributed by atoms with Gasteiger partial charge in [-0.25, -0.2) is 17.9 Å². The second-order valence-electron chi connectivity index (χ2n) is 4.47. The van der Waals surface area contributed by atoms with Crippen LogP contribution < -0.4 is 4.72 Å². The fourth-order valence-electron chi connectivity index (χ4n) is 1.69. The summed E-state index contributed by atoms with van der Waals surface area (Å²) in [5, 5.41) is 0. The average Bonchev–Trinajstić information content (AvgIpc) is 2.39. The largest absolute Gasteiger partial charge is 0.462 e. The highest BCUT2D eigenvalue weighted by Gasteiger charge is 2.24. The Morgan fingerprint density at radius 1 is 1.38 bits per heavy atom. The summed E-state index contributed by atoms with van der Waals surface area (Å²) in [5.41, 5.74) is 3.44. The van der Waals surface area contributed by atoms with E-state index < -0.39 is 22.0 Å². The molecule has 0 amide bonds. The second kappa shape index (κ2) is 7.22. The molecule has 1 rings (SSSR count). The van der Waals surface area contributed by atoms with Crippen molar-refractivity contribution in [2.75, 3.05) is 6.61 Å². The maximum absolute atomic E-state index is 12.2. The molecule has 1 atom stereocenters. The maximum Gasteiger partial charge on any atom is 0.343 e. The normalized spacial score (nSPS) is 12.3. The van der Waals surface area contributed by atoms with Crippen molar-refractivity contribution in [3.05, 3.63) is 47.7 Å². The summed E-state index contributed by atoms with van der Waals surface area (Å²) in [6.07, 6.45) is 0. The van der Waals surface area contributed by atoms with Crippen LogP contribution in [0, 0.1) is 6.92 Å². The Morgan fingerprint density at radius 2 is 1.95 bits per heavy atom. The van der Waals surface area contributed by atoms with Crippen molar-refractivity contribution in [2.24, 2.45) is 0 Å². The van der Waals surface area contributed by atoms with Gasteiger partial charge in [-0.15, -0.1) is 5.73 Å². The number of hydrogen-bond acceptors (Lipinski definition) is 4. The van der Waals surface area contributed by atoms with Crippen LogP contribution in [0.5, 0.6) is 0 Å². The van der Waals surface area contributed by atoms with Crippen molar-refractivity contribution >= 4 is 16.0 Å². The Hall–Kier alpha value is -1.88. The second-order valence-corrected chi connectivity index (χ2v) is 6.18. The molecule has 1 N–H and O–H groups in total. The quantitative estimate of drug-likeness (QED) is 0.495. The van der Waals surface area contributed by atoms with Crippen molar-refractivity contribution in [1.82, 2.24) is 4.72 Å². The van der Waals surface area contributed by atoms with Crippen LogP contribution in [-0.4, -0.2) is 27.0 Å². The number of carbonyl (C=O) groups excluding carboxylic acids is 1. The first-order valence-corrected chi connectivity index (χ1v) is 7.96. The predicted octanol–water partition coefficient (Wildman–Crippen LogP) is 1.94. The minimum absolute atomic E-state index is 0.0486. The predicted molar refractivity (Wildman–Crippen MR) is 80.2 cm³/mol. The van der Waals surface area contributed by atoms with Crippen LogP contribution in [0.4, 0.5) is 0 Å². The number of nitrogens with one attached hydrogen (secondary N) is 1. The van der Waals surface area contributed by atoms with Gasteiger partial charge in [-0.1, -0.05) is 24.3 Å². The molecule has 6 heteroatoms. The first kappa shape index (κ1) is 17.2. The summed E-state index contributed by atoms with van der Waals surface area (Å²) in [7, 11) is -3.73. The Balaban J connectivity index is 2.95. The summed E-state index contributed by atoms with van der Waals surface area (Å²) in [6.45, 7) is 8.67. The first-order chi connectivity index (χ1) is 9.81. The molecule has 0 radical (unpaired) electrons. The Labute approximate surface area is 125 Å². The number of rotatable bonds is 6. The van der Waals surface area contributed by atoms with E-state index in [1.54, 1.807) is 19.1 Å². The standard InChI is InChI=1S/C15H19NO4S/c1-5-14(15(17)20-6-2)12(4)16-21(18,19)13-9-7-11(3)8-10-13/h7-10,12,16H,1,6H2,2-4H3. The van der Waals surface area contributed by atoms with E-state index in [1.165, 1.54) is 19.1 Å². The van der Waals surface area contributed by atoms with Gasteiger partial charge in [-0.05, 0) is 32.9 Å². The van der Waals surface area contributed by atoms with E-state index in [0.717, 1.165) is 5.56 Å². The van der Waals surface area contributed by atoms with E-state index in [1.807, 2.05) is 6.92 Å². The molecule has 0 saturated carbocycles. The molecule has 1 aromatic carbocycles. The third-order valence-electron chi connectivity index (χ3n) is 2.78. The van der Waals surface area contributed by atoms with E-state index in [-0.39, 0.29) is 17.1 Å². The number of esters is 1. The van der Waals surface area contributed by atoms with Crippen LogP contribution in [0.15, 0.2) is 47.0 Å². The maximum atomic E-state index is 12.2. The molecule has 5 nitrogen and oxygen atoms in total. The fraction of sp³-hybridized carbons (Fsp3) is 0.333. The zero-order chi connectivity index (χ0) is 16.0. The number of aryl methyl sites for hydroxylation is 1. The molecule has 21 heavy (non-hydrogen) atoms. The summed E-state index contributed by atoms with van der Waals surface area (Å²) in [6, 6.07) is 5.63. The Kier molecular flexibility index (Phi) is 5.90. The molecular formula is C15H19NO4S. The summed E-state index contributed by atoms with van der Waals surface area (Å²) in [4.78, 5) is 11.8. The van der Waals surface area contributed by atoms with E-state index in [2.05, 4.69) is 17.0 Å². The van der Waals surface area contributed by atoms with Gasteiger partial charge in [0.05, 0.1) is 23.1 Å². The molecule has 0 aliphatic heterocycles. The number of sulfonamides is 1. The van der Waals surface area contributed by atoms with Gasteiger partial charge in [0.2, 0.25) is 10.0 Å². The van der Waals surface area contributed by atoms with Gasteiger partial charge in [0, 0.05) is 0 Å². The van der Waals surface area contributed by atoms with Crippen molar-refractivity contribution in [2.45, 2.75) is 31.7 Å². The lowest BCUT2D eigenvalue weighted by atomic mass is 10.1. The van der Waals surface area contributed by atoms with E-state index in [0.29, 0.717) is 0 Å². The summed E-state index contributed by atoms with van der Waals surface area (Å²) in [5.74, 6) is -0.633. The van der Waals surface area contributed by atoms with E-state index >= 15 is 0 Å². The van der Waals surface area contributed by atoms with Crippen LogP contribution in [0.3, 0.4) is 0 Å². The van der Waals surface area contributed by atoms with Crippen LogP contribution in [-0.2, 0) is 19.6 Å². The zero-order valence-electron chi connectivity index (χ0n) is 12.3. The minimum atomic E-state index is -3.73. The number of ether oxygens (including phenoxy) is 1. The van der Waals surface area contributed by atoms with Gasteiger partial charge in [0.1, 0.15) is 0 Å². The van der Waals surface area contributed by atoms with Gasteiger partial charge in [0.25, 0.3) is 0 Å². The number of carbonyl (C=O) groups is 1. The van der Waals surface area contributed by atoms with Gasteiger partial charge in [0.15, 0.2) is 0 Å². The third kappa shape index (κ3) is 4.56. The van der Waals surface area contributed by atoms with Gasteiger partial charge < -0.3 is 4.74 Å². The first-order valence-electron chi connectivity index (χ1n) is 6.48. The van der Waals surface area contributed by atoms with Crippen LogP contribution in [0.25, 0.3) is 0 Å². The molecule has 0 saturated heterocycles. The molecule has 0 spiro atoms. The lowest BCUT2D eigenvalue weighted by Gasteiger charge is -2.15. The van der Waals surface area contributed by atoms with Crippen molar-refractivity contribution in [3.8, 4) is 0 Å². The Morgan fingerprint density at radius 3 is 2.43 bits per heavy atom. The lowest BCUT2D eigenvalue weighted by Crippen LogP contribution is -2.36. The molecule has 0 fully saturated rings. The summed E-state index contributed by atoms with van der Waals surface area (Å²) >= 11 is 0. The lowest BCUT2D eigenvalue weighted by molar-refractivity contribution is -0.138. The fourth-order valence-corrected chi connectivity index (χ4v) is 2.90. The van der Waals surface area contributed by atoms with Crippen molar-refractivity contribution in [3.63, 3.8) is 0 Å². The molecule has 0 aliphatic rings. The summed E-state index contributed by atoms with van der Waals surface area (Å²) < 4.78 is 31.7. The minimum Gasteiger partial charge on any atom is -0.462 e. The highest BCUT2D eigenvalue weighted by Crippen LogP contribution is 2.13. The number of benzene rings is 1. The van der Waals surface area contributed by atoms with Crippen molar-refractivity contribution < 1.29 is 17.9 Å². The van der Waals surface area contributed by atoms with Crippen LogP contribution in [0.1, 0.15) is 19.4 Å².